The molecule has 4 N–H and O–H groups in total. The highest BCUT2D eigenvalue weighted by Crippen LogP contribution is 2.28. The van der Waals surface area contributed by atoms with Gasteiger partial charge in [-0.25, -0.2) is 0 Å². The zero-order chi connectivity index (χ0) is 11.5. The molecular weight excluding hydrogens is 188 g/mol. The highest BCUT2D eigenvalue weighted by atomic mass is 16.3. The molecule has 1 atom stereocenters. The number of nitrogens with one attached hydrogen (secondary N) is 1. The van der Waals surface area contributed by atoms with E-state index in [1.165, 1.54) is 0 Å². The van der Waals surface area contributed by atoms with Gasteiger partial charge in [-0.3, -0.25) is 0 Å². The smallest absolute Gasteiger partial charge is 0.0822 e. The maximum atomic E-state index is 10.4. The molecule has 0 spiro atoms. The molecule has 1 aliphatic rings. The Kier molecular flexibility index (Phi) is 4.15. The van der Waals surface area contributed by atoms with Crippen LogP contribution in [0.5, 0.6) is 0 Å². The van der Waals surface area contributed by atoms with Crippen molar-refractivity contribution in [1.82, 2.24) is 5.32 Å². The van der Waals surface area contributed by atoms with Crippen molar-refractivity contribution in [2.24, 2.45) is 11.1 Å². The number of hydrogen-bond acceptors (Lipinski definition) is 3. The molecule has 15 heavy (non-hydrogen) atoms. The summed E-state index contributed by atoms with van der Waals surface area (Å²) in [6.07, 6.45) is 3.57. The summed E-state index contributed by atoms with van der Waals surface area (Å²) in [6.45, 7) is 8.42. The topological polar surface area (TPSA) is 58.3 Å². The number of rotatable bonds is 3. The van der Waals surface area contributed by atoms with E-state index in [1.54, 1.807) is 0 Å². The molecule has 0 aliphatic carbocycles. The predicted octanol–water partition coefficient (Wildman–Crippen LogP) is 1.25. The van der Waals surface area contributed by atoms with E-state index in [9.17, 15) is 5.11 Å². The fourth-order valence-electron chi connectivity index (χ4n) is 2.09. The first-order valence-electron chi connectivity index (χ1n) is 6.02. The van der Waals surface area contributed by atoms with Gasteiger partial charge >= 0.3 is 0 Å². The van der Waals surface area contributed by atoms with Crippen molar-refractivity contribution in [2.75, 3.05) is 13.1 Å². The molecular formula is C12H26N2O. The van der Waals surface area contributed by atoms with Crippen LogP contribution in [0.2, 0.25) is 0 Å². The van der Waals surface area contributed by atoms with Crippen molar-refractivity contribution in [1.29, 1.82) is 0 Å². The molecule has 0 aromatic heterocycles. The quantitative estimate of drug-likeness (QED) is 0.663. The van der Waals surface area contributed by atoms with Gasteiger partial charge in [0.25, 0.3) is 0 Å². The van der Waals surface area contributed by atoms with Crippen molar-refractivity contribution in [2.45, 2.75) is 58.1 Å². The lowest BCUT2D eigenvalue weighted by Crippen LogP contribution is -2.54. The summed E-state index contributed by atoms with van der Waals surface area (Å²) in [5.74, 6) is 0. The van der Waals surface area contributed by atoms with Gasteiger partial charge < -0.3 is 16.2 Å². The normalized spacial score (nSPS) is 23.8. The van der Waals surface area contributed by atoms with Gasteiger partial charge in [-0.15, -0.1) is 0 Å². The van der Waals surface area contributed by atoms with Gasteiger partial charge in [-0.1, -0.05) is 20.8 Å². The van der Waals surface area contributed by atoms with Gasteiger partial charge in [-0.2, -0.15) is 0 Å². The van der Waals surface area contributed by atoms with E-state index in [-0.39, 0.29) is 6.04 Å². The fourth-order valence-corrected chi connectivity index (χ4v) is 2.09. The Morgan fingerprint density at radius 1 is 1.33 bits per heavy atom. The lowest BCUT2D eigenvalue weighted by Gasteiger charge is -2.38. The maximum Gasteiger partial charge on any atom is 0.0822 e. The van der Waals surface area contributed by atoms with Crippen LogP contribution in [0.15, 0.2) is 0 Å². The minimum atomic E-state index is -0.628. The number of piperidine rings is 1. The Hall–Kier alpha value is -0.120. The fraction of sp³-hybridized carbons (Fsp3) is 1.00. The van der Waals surface area contributed by atoms with Crippen LogP contribution in [0, 0.1) is 5.41 Å². The van der Waals surface area contributed by atoms with Crippen LogP contribution < -0.4 is 11.1 Å². The SMILES string of the molecule is CC(C)(C)CCC(N)C1(O)CCNCC1. The predicted molar refractivity (Wildman–Crippen MR) is 63.7 cm³/mol. The van der Waals surface area contributed by atoms with Crippen LogP contribution in [0.4, 0.5) is 0 Å². The summed E-state index contributed by atoms with van der Waals surface area (Å²) in [7, 11) is 0. The van der Waals surface area contributed by atoms with Crippen LogP contribution in [0.1, 0.15) is 46.5 Å². The third kappa shape index (κ3) is 4.09. The largest absolute Gasteiger partial charge is 0.388 e. The monoisotopic (exact) mass is 214 g/mol. The molecule has 90 valence electrons. The zero-order valence-electron chi connectivity index (χ0n) is 10.3. The third-order valence-corrected chi connectivity index (χ3v) is 3.36. The minimum Gasteiger partial charge on any atom is -0.388 e. The molecule has 1 unspecified atom stereocenters. The summed E-state index contributed by atoms with van der Waals surface area (Å²) >= 11 is 0. The average Bonchev–Trinajstić information content (AvgIpc) is 2.14. The molecule has 1 aliphatic heterocycles. The minimum absolute atomic E-state index is 0.0705. The van der Waals surface area contributed by atoms with E-state index >= 15 is 0 Å². The van der Waals surface area contributed by atoms with Crippen LogP contribution in [0.3, 0.4) is 0 Å². The molecule has 1 heterocycles. The van der Waals surface area contributed by atoms with E-state index in [4.69, 9.17) is 5.73 Å². The van der Waals surface area contributed by atoms with Crippen molar-refractivity contribution in [3.8, 4) is 0 Å². The van der Waals surface area contributed by atoms with E-state index in [0.717, 1.165) is 38.8 Å². The van der Waals surface area contributed by atoms with Crippen molar-refractivity contribution in [3.05, 3.63) is 0 Å². The molecule has 1 saturated heterocycles. The van der Waals surface area contributed by atoms with Crippen LogP contribution in [-0.2, 0) is 0 Å². The van der Waals surface area contributed by atoms with Crippen molar-refractivity contribution in [3.63, 3.8) is 0 Å². The first-order valence-corrected chi connectivity index (χ1v) is 6.02. The van der Waals surface area contributed by atoms with Crippen molar-refractivity contribution >= 4 is 0 Å². The molecule has 0 aromatic carbocycles. The van der Waals surface area contributed by atoms with Gasteiger partial charge in [0, 0.05) is 6.04 Å². The maximum absolute atomic E-state index is 10.4. The number of hydrogen-bond donors (Lipinski definition) is 3. The summed E-state index contributed by atoms with van der Waals surface area (Å²) in [5, 5.41) is 13.6. The Bertz CT molecular complexity index is 192. The zero-order valence-corrected chi connectivity index (χ0v) is 10.3. The second-order valence-corrected chi connectivity index (χ2v) is 6.06. The summed E-state index contributed by atoms with van der Waals surface area (Å²) in [4.78, 5) is 0. The molecule has 3 heteroatoms. The van der Waals surface area contributed by atoms with Crippen LogP contribution >= 0.6 is 0 Å². The summed E-state index contributed by atoms with van der Waals surface area (Å²) in [6, 6.07) is -0.0705. The average molecular weight is 214 g/mol. The molecule has 1 rings (SSSR count). The second kappa shape index (κ2) is 4.81. The number of nitrogens with two attached hydrogens (primary N) is 1. The first-order chi connectivity index (χ1) is 6.83. The molecule has 3 nitrogen and oxygen atoms in total. The molecule has 1 fully saturated rings. The van der Waals surface area contributed by atoms with E-state index < -0.39 is 5.60 Å². The van der Waals surface area contributed by atoms with E-state index in [2.05, 4.69) is 26.1 Å². The first kappa shape index (κ1) is 12.9. The molecule has 0 radical (unpaired) electrons. The van der Waals surface area contributed by atoms with E-state index in [0.29, 0.717) is 5.41 Å². The molecule has 0 aromatic rings. The molecule has 0 bridgehead atoms. The lowest BCUT2D eigenvalue weighted by molar-refractivity contribution is -0.0180. The molecule has 0 amide bonds. The standard InChI is InChI=1S/C12H26N2O/c1-11(2,3)5-4-10(13)12(15)6-8-14-9-7-12/h10,14-15H,4-9,13H2,1-3H3. The van der Waals surface area contributed by atoms with Gasteiger partial charge in [0.05, 0.1) is 5.60 Å². The van der Waals surface area contributed by atoms with Gasteiger partial charge in [0.1, 0.15) is 0 Å². The lowest BCUT2D eigenvalue weighted by atomic mass is 9.80. The Morgan fingerprint density at radius 2 is 1.87 bits per heavy atom. The summed E-state index contributed by atoms with van der Waals surface area (Å²) < 4.78 is 0. The van der Waals surface area contributed by atoms with Crippen LogP contribution in [0.25, 0.3) is 0 Å². The van der Waals surface area contributed by atoms with Gasteiger partial charge in [0.15, 0.2) is 0 Å². The highest BCUT2D eigenvalue weighted by molar-refractivity contribution is 4.93. The second-order valence-electron chi connectivity index (χ2n) is 6.06. The Labute approximate surface area is 93.4 Å². The Morgan fingerprint density at radius 3 is 2.33 bits per heavy atom. The highest BCUT2D eigenvalue weighted by Gasteiger charge is 2.35. The number of aliphatic hydroxyl groups is 1. The van der Waals surface area contributed by atoms with E-state index in [1.807, 2.05) is 0 Å². The molecule has 0 saturated carbocycles. The van der Waals surface area contributed by atoms with Gasteiger partial charge in [0.2, 0.25) is 0 Å². The van der Waals surface area contributed by atoms with Gasteiger partial charge in [-0.05, 0) is 44.2 Å². The Balaban J connectivity index is 2.41. The van der Waals surface area contributed by atoms with Crippen LogP contribution in [-0.4, -0.2) is 29.8 Å². The third-order valence-electron chi connectivity index (χ3n) is 3.36. The summed E-state index contributed by atoms with van der Waals surface area (Å²) in [5.41, 5.74) is 5.79. The van der Waals surface area contributed by atoms with Crippen molar-refractivity contribution < 1.29 is 5.11 Å².